The smallest absolute Gasteiger partial charge is 0.475 e. The summed E-state index contributed by atoms with van der Waals surface area (Å²) in [6, 6.07) is 9.64. The zero-order valence-electron chi connectivity index (χ0n) is 17.4. The number of para-hydroxylation sites is 1. The van der Waals surface area contributed by atoms with Crippen LogP contribution in [0.15, 0.2) is 42.0 Å². The van der Waals surface area contributed by atoms with Gasteiger partial charge in [-0.3, -0.25) is 4.79 Å². The fraction of sp³-hybridized carbons (Fsp3) is 0.182. The van der Waals surface area contributed by atoms with Crippen molar-refractivity contribution in [2.24, 2.45) is 0 Å². The second kappa shape index (κ2) is 10.8. The second-order valence-corrected chi connectivity index (χ2v) is 7.61. The van der Waals surface area contributed by atoms with E-state index in [4.69, 9.17) is 20.4 Å². The number of ether oxygens (including phenoxy) is 1. The number of pyridine rings is 1. The van der Waals surface area contributed by atoms with Crippen molar-refractivity contribution in [2.75, 3.05) is 18.9 Å². The summed E-state index contributed by atoms with van der Waals surface area (Å²) in [7, 11) is 0. The Kier molecular flexibility index (Phi) is 7.83. The average Bonchev–Trinajstić information content (AvgIpc) is 3.43. The molecular formula is C22H17F3N4O4S. The molecule has 0 radical (unpaired) electrons. The van der Waals surface area contributed by atoms with Crippen molar-refractivity contribution in [2.45, 2.75) is 12.7 Å². The lowest BCUT2D eigenvalue weighted by atomic mass is 10.2. The molecule has 0 aliphatic rings. The van der Waals surface area contributed by atoms with Crippen LogP contribution in [0.1, 0.15) is 15.2 Å². The van der Waals surface area contributed by atoms with Crippen LogP contribution in [0.4, 0.5) is 19.0 Å². The van der Waals surface area contributed by atoms with Crippen LogP contribution in [0.5, 0.6) is 0 Å². The van der Waals surface area contributed by atoms with E-state index >= 15 is 0 Å². The van der Waals surface area contributed by atoms with Crippen molar-refractivity contribution in [1.82, 2.24) is 14.5 Å². The number of hydrogen-bond donors (Lipinski definition) is 2. The predicted octanol–water partition coefficient (Wildman–Crippen LogP) is 3.74. The maximum atomic E-state index is 10.7. The van der Waals surface area contributed by atoms with Gasteiger partial charge in [-0.1, -0.05) is 30.0 Å². The molecule has 3 aromatic heterocycles. The van der Waals surface area contributed by atoms with Gasteiger partial charge in [0.05, 0.1) is 28.8 Å². The second-order valence-electron chi connectivity index (χ2n) is 6.66. The summed E-state index contributed by atoms with van der Waals surface area (Å²) >= 11 is 1.38. The first-order chi connectivity index (χ1) is 16.2. The standard InChI is InChI=1S/C20H16N4O2S.C2HF3O2/c21-20-18-19(16-5-1-2-6-17(16)23-20)24(13-22-18)7-9-26-8-3-4-14-10-15(11-25)27-12-14;3-2(4,5)1(6)7/h1-2,5-6,10-13H,7-9H2,(H2,21,23);(H,6,7). The minimum atomic E-state index is -5.08. The van der Waals surface area contributed by atoms with Crippen LogP contribution in [0.2, 0.25) is 0 Å². The number of aldehydes is 1. The van der Waals surface area contributed by atoms with Gasteiger partial charge in [-0.15, -0.1) is 11.3 Å². The first kappa shape index (κ1) is 24.7. The molecule has 3 N–H and O–H groups in total. The van der Waals surface area contributed by atoms with Crippen molar-refractivity contribution in [3.63, 3.8) is 0 Å². The van der Waals surface area contributed by atoms with Crippen LogP contribution in [0.3, 0.4) is 0 Å². The number of aromatic nitrogens is 3. The van der Waals surface area contributed by atoms with E-state index in [0.29, 0.717) is 36.0 Å². The number of carbonyl (C=O) groups is 2. The Hall–Kier alpha value is -3.95. The van der Waals surface area contributed by atoms with Gasteiger partial charge in [0.15, 0.2) is 12.1 Å². The number of carbonyl (C=O) groups excluding carboxylic acids is 1. The molecule has 4 rings (SSSR count). The lowest BCUT2D eigenvalue weighted by Crippen LogP contribution is -2.21. The van der Waals surface area contributed by atoms with Crippen molar-refractivity contribution >= 4 is 51.3 Å². The number of alkyl halides is 3. The highest BCUT2D eigenvalue weighted by molar-refractivity contribution is 7.11. The number of benzene rings is 1. The Morgan fingerprint density at radius 3 is 2.74 bits per heavy atom. The molecule has 0 saturated heterocycles. The van der Waals surface area contributed by atoms with Gasteiger partial charge in [0.1, 0.15) is 12.1 Å². The van der Waals surface area contributed by atoms with E-state index in [2.05, 4.69) is 21.8 Å². The Labute approximate surface area is 194 Å². The lowest BCUT2D eigenvalue weighted by molar-refractivity contribution is -0.192. The van der Waals surface area contributed by atoms with Gasteiger partial charge in [-0.05, 0) is 12.1 Å². The first-order valence-corrected chi connectivity index (χ1v) is 10.5. The molecule has 0 spiro atoms. The quantitative estimate of drug-likeness (QED) is 0.248. The minimum Gasteiger partial charge on any atom is -0.475 e. The zero-order chi connectivity index (χ0) is 24.7. The number of anilines is 1. The van der Waals surface area contributed by atoms with Gasteiger partial charge in [0.25, 0.3) is 0 Å². The van der Waals surface area contributed by atoms with Crippen molar-refractivity contribution in [1.29, 1.82) is 0 Å². The van der Waals surface area contributed by atoms with Gasteiger partial charge < -0.3 is 20.1 Å². The lowest BCUT2D eigenvalue weighted by Gasteiger charge is -2.07. The number of aliphatic carboxylic acids is 1. The molecule has 0 saturated carbocycles. The monoisotopic (exact) mass is 490 g/mol. The number of hydrogen-bond acceptors (Lipinski definition) is 7. The summed E-state index contributed by atoms with van der Waals surface area (Å²) < 4.78 is 39.4. The number of carboxylic acids is 1. The number of thiophene rings is 1. The highest BCUT2D eigenvalue weighted by Crippen LogP contribution is 2.26. The summed E-state index contributed by atoms with van der Waals surface area (Å²) in [6.45, 7) is 1.46. The molecule has 1 aromatic carbocycles. The van der Waals surface area contributed by atoms with E-state index in [0.717, 1.165) is 28.3 Å². The van der Waals surface area contributed by atoms with Crippen LogP contribution in [-0.2, 0) is 16.1 Å². The van der Waals surface area contributed by atoms with E-state index in [1.807, 2.05) is 34.2 Å². The fourth-order valence-electron chi connectivity index (χ4n) is 2.88. The Balaban J connectivity index is 0.000000406. The van der Waals surface area contributed by atoms with Crippen LogP contribution in [0.25, 0.3) is 21.9 Å². The molecule has 12 heteroatoms. The van der Waals surface area contributed by atoms with Crippen LogP contribution < -0.4 is 5.73 Å². The minimum absolute atomic E-state index is 0.323. The van der Waals surface area contributed by atoms with Gasteiger partial charge in [-0.25, -0.2) is 14.8 Å². The maximum Gasteiger partial charge on any atom is 0.490 e. The van der Waals surface area contributed by atoms with E-state index in [9.17, 15) is 18.0 Å². The van der Waals surface area contributed by atoms with E-state index < -0.39 is 12.1 Å². The summed E-state index contributed by atoms with van der Waals surface area (Å²) in [5.74, 6) is 3.62. The van der Waals surface area contributed by atoms with E-state index in [1.165, 1.54) is 11.3 Å². The summed E-state index contributed by atoms with van der Waals surface area (Å²) in [5.41, 5.74) is 9.39. The molecule has 34 heavy (non-hydrogen) atoms. The molecule has 8 nitrogen and oxygen atoms in total. The molecule has 0 amide bonds. The van der Waals surface area contributed by atoms with Gasteiger partial charge in [-0.2, -0.15) is 13.2 Å². The normalized spacial score (nSPS) is 10.9. The summed E-state index contributed by atoms with van der Waals surface area (Å²) in [5, 5.41) is 10.0. The van der Waals surface area contributed by atoms with Crippen molar-refractivity contribution in [3.8, 4) is 11.8 Å². The van der Waals surface area contributed by atoms with Crippen LogP contribution >= 0.6 is 11.3 Å². The van der Waals surface area contributed by atoms with Gasteiger partial charge >= 0.3 is 12.1 Å². The fourth-order valence-corrected chi connectivity index (χ4v) is 3.52. The number of fused-ring (bicyclic) bond motifs is 3. The number of carboxylic acid groups (broad SMARTS) is 1. The molecule has 4 aromatic rings. The molecule has 0 aliphatic heterocycles. The molecule has 0 unspecified atom stereocenters. The van der Waals surface area contributed by atoms with Gasteiger partial charge in [0, 0.05) is 22.9 Å². The maximum absolute atomic E-state index is 10.7. The molecule has 3 heterocycles. The number of halogens is 3. The number of imidazole rings is 1. The van der Waals surface area contributed by atoms with E-state index in [-0.39, 0.29) is 0 Å². The Morgan fingerprint density at radius 2 is 2.06 bits per heavy atom. The molecule has 176 valence electrons. The van der Waals surface area contributed by atoms with Crippen molar-refractivity contribution in [3.05, 3.63) is 52.5 Å². The summed E-state index contributed by atoms with van der Waals surface area (Å²) in [4.78, 5) is 29.0. The largest absolute Gasteiger partial charge is 0.490 e. The van der Waals surface area contributed by atoms with Crippen LogP contribution in [0, 0.1) is 11.8 Å². The Bertz CT molecular complexity index is 1390. The SMILES string of the molecule is Nc1nc2ccccc2c2c1ncn2CCOCC#Cc1csc(C=O)c1.O=C(O)C(F)(F)F. The number of rotatable bonds is 5. The van der Waals surface area contributed by atoms with Gasteiger partial charge in [0.2, 0.25) is 0 Å². The topological polar surface area (TPSA) is 120 Å². The molecule has 0 atom stereocenters. The van der Waals surface area contributed by atoms with Crippen LogP contribution in [-0.4, -0.2) is 51.3 Å². The van der Waals surface area contributed by atoms with Crippen molar-refractivity contribution < 1.29 is 32.6 Å². The molecular weight excluding hydrogens is 473 g/mol. The first-order valence-electron chi connectivity index (χ1n) is 9.60. The third-order valence-electron chi connectivity index (χ3n) is 4.34. The third kappa shape index (κ3) is 6.09. The Morgan fingerprint density at radius 1 is 1.32 bits per heavy atom. The molecule has 0 fully saturated rings. The molecule has 0 aliphatic carbocycles. The highest BCUT2D eigenvalue weighted by Gasteiger charge is 2.38. The van der Waals surface area contributed by atoms with E-state index in [1.54, 1.807) is 12.4 Å². The molecule has 0 bridgehead atoms. The highest BCUT2D eigenvalue weighted by atomic mass is 32.1. The zero-order valence-corrected chi connectivity index (χ0v) is 18.2. The average molecular weight is 490 g/mol. The predicted molar refractivity (Wildman–Crippen MR) is 121 cm³/mol. The number of nitrogen functional groups attached to an aromatic ring is 1. The number of nitrogens with zero attached hydrogens (tertiary/aromatic N) is 3. The summed E-state index contributed by atoms with van der Waals surface area (Å²) in [6.07, 6.45) is -2.50. The number of nitrogens with two attached hydrogens (primary N) is 1. The third-order valence-corrected chi connectivity index (χ3v) is 5.20.